The molecule has 2 amide bonds. The molecule has 1 fully saturated rings. The summed E-state index contributed by atoms with van der Waals surface area (Å²) < 4.78 is 44.1. The van der Waals surface area contributed by atoms with Gasteiger partial charge in [-0.15, -0.1) is 5.10 Å². The lowest BCUT2D eigenvalue weighted by atomic mass is 10.1. The summed E-state index contributed by atoms with van der Waals surface area (Å²) in [4.78, 5) is 28.6. The van der Waals surface area contributed by atoms with Crippen LogP contribution in [0.1, 0.15) is 29.7 Å². The molecule has 5 heterocycles. The van der Waals surface area contributed by atoms with Crippen LogP contribution in [-0.4, -0.2) is 73.1 Å². The van der Waals surface area contributed by atoms with Gasteiger partial charge < -0.3 is 9.80 Å². The Morgan fingerprint density at radius 2 is 1.71 bits per heavy atom. The summed E-state index contributed by atoms with van der Waals surface area (Å²) in [5.74, 6) is -1.43. The van der Waals surface area contributed by atoms with Gasteiger partial charge in [0.1, 0.15) is 17.5 Å². The molecule has 1 saturated heterocycles. The number of urea groups is 1. The molecular formula is C22H22F3N9O. The number of rotatable bonds is 3. The molecule has 0 N–H and O–H groups in total. The van der Waals surface area contributed by atoms with E-state index in [1.54, 1.807) is 29.9 Å². The highest BCUT2D eigenvalue weighted by molar-refractivity contribution is 5.78. The van der Waals surface area contributed by atoms with Crippen molar-refractivity contribution in [2.75, 3.05) is 31.1 Å². The van der Waals surface area contributed by atoms with Gasteiger partial charge in [0.05, 0.1) is 12.2 Å². The van der Waals surface area contributed by atoms with Gasteiger partial charge in [-0.25, -0.2) is 32.9 Å². The van der Waals surface area contributed by atoms with Crippen LogP contribution in [0.2, 0.25) is 0 Å². The maximum absolute atomic E-state index is 14.7. The Labute approximate surface area is 198 Å². The predicted molar refractivity (Wildman–Crippen MR) is 120 cm³/mol. The molecule has 0 saturated carbocycles. The lowest BCUT2D eigenvalue weighted by Crippen LogP contribution is -2.52. The maximum atomic E-state index is 14.7. The number of amides is 2. The number of aromatic nitrogens is 5. The second-order valence-corrected chi connectivity index (χ2v) is 8.30. The number of nitrogens with zero attached hydrogens (tertiary/aromatic N) is 9. The Kier molecular flexibility index (Phi) is 5.83. The van der Waals surface area contributed by atoms with Crippen LogP contribution in [0.15, 0.2) is 29.6 Å². The first kappa shape index (κ1) is 22.7. The Morgan fingerprint density at radius 1 is 0.971 bits per heavy atom. The first-order valence-corrected chi connectivity index (χ1v) is 11.0. The van der Waals surface area contributed by atoms with Crippen LogP contribution < -0.4 is 4.90 Å². The first-order chi connectivity index (χ1) is 16.8. The van der Waals surface area contributed by atoms with Gasteiger partial charge in [-0.2, -0.15) is 9.78 Å². The normalized spacial score (nSPS) is 18.0. The van der Waals surface area contributed by atoms with Crippen molar-refractivity contribution < 1.29 is 18.0 Å². The van der Waals surface area contributed by atoms with Crippen molar-refractivity contribution in [3.05, 3.63) is 59.2 Å². The van der Waals surface area contributed by atoms with Gasteiger partial charge >= 0.3 is 6.03 Å². The highest BCUT2D eigenvalue weighted by Gasteiger charge is 2.34. The van der Waals surface area contributed by atoms with E-state index in [2.05, 4.69) is 25.2 Å². The van der Waals surface area contributed by atoms with Gasteiger partial charge in [-0.1, -0.05) is 0 Å². The molecule has 0 radical (unpaired) electrons. The number of carbonyl (C=O) groups excluding carboxylic acids is 1. The number of hydrazone groups is 1. The van der Waals surface area contributed by atoms with Crippen LogP contribution >= 0.6 is 0 Å². The van der Waals surface area contributed by atoms with E-state index in [9.17, 15) is 18.0 Å². The lowest BCUT2D eigenvalue weighted by molar-refractivity contribution is 0.139. The van der Waals surface area contributed by atoms with Gasteiger partial charge in [0.25, 0.3) is 0 Å². The second-order valence-electron chi connectivity index (χ2n) is 8.30. The summed E-state index contributed by atoms with van der Waals surface area (Å²) in [6.45, 7) is 4.42. The third-order valence-corrected chi connectivity index (χ3v) is 5.95. The fraction of sp³-hybridized carbons (Fsp3) is 0.364. The van der Waals surface area contributed by atoms with E-state index >= 15 is 0 Å². The van der Waals surface area contributed by atoms with E-state index in [4.69, 9.17) is 0 Å². The van der Waals surface area contributed by atoms with Gasteiger partial charge in [0.15, 0.2) is 23.3 Å². The number of anilines is 1. The Bertz CT molecular complexity index is 1300. The monoisotopic (exact) mass is 485 g/mol. The molecule has 182 valence electrons. The molecular weight excluding hydrogens is 463 g/mol. The molecule has 10 nitrogen and oxygen atoms in total. The van der Waals surface area contributed by atoms with Gasteiger partial charge in [0.2, 0.25) is 0 Å². The maximum Gasteiger partial charge on any atom is 0.341 e. The van der Waals surface area contributed by atoms with Gasteiger partial charge in [-0.05, 0) is 25.5 Å². The third-order valence-electron chi connectivity index (χ3n) is 5.95. The molecule has 0 bridgehead atoms. The van der Waals surface area contributed by atoms with Crippen LogP contribution in [0, 0.1) is 31.3 Å². The van der Waals surface area contributed by atoms with Crippen LogP contribution in [0.3, 0.4) is 0 Å². The lowest BCUT2D eigenvalue weighted by Gasteiger charge is -2.37. The minimum absolute atomic E-state index is 0.0241. The molecule has 3 aromatic heterocycles. The quantitative estimate of drug-likeness (QED) is 0.566. The third kappa shape index (κ3) is 4.29. The van der Waals surface area contributed by atoms with E-state index in [-0.39, 0.29) is 43.8 Å². The minimum Gasteiger partial charge on any atom is -0.351 e. The molecule has 5 rings (SSSR count). The molecule has 35 heavy (non-hydrogen) atoms. The Hall–Kier alpha value is -4.03. The van der Waals surface area contributed by atoms with E-state index in [0.717, 1.165) is 12.3 Å². The number of hydrogen-bond acceptors (Lipinski definition) is 7. The van der Waals surface area contributed by atoms with Crippen LogP contribution in [0.25, 0.3) is 5.82 Å². The number of piperazine rings is 1. The van der Waals surface area contributed by atoms with Gasteiger partial charge in [-0.3, -0.25) is 4.98 Å². The largest absolute Gasteiger partial charge is 0.351 e. The SMILES string of the molecule is Cc1nc(C)n(-c2nc(N3CCN(C(=O)N4N=CCC4c4cncc(F)c4)CC3)c(F)cc2F)n1. The Balaban J connectivity index is 1.31. The average Bonchev–Trinajstić information content (AvgIpc) is 3.45. The molecule has 13 heteroatoms. The van der Waals surface area contributed by atoms with Crippen molar-refractivity contribution in [2.24, 2.45) is 5.10 Å². The second kappa shape index (κ2) is 8.96. The number of halogens is 3. The number of carbonyl (C=O) groups is 1. The van der Waals surface area contributed by atoms with Crippen molar-refractivity contribution in [1.29, 1.82) is 0 Å². The molecule has 0 aromatic carbocycles. The molecule has 0 aliphatic carbocycles. The van der Waals surface area contributed by atoms with Gasteiger partial charge in [0, 0.05) is 51.1 Å². The highest BCUT2D eigenvalue weighted by atomic mass is 19.1. The molecule has 0 spiro atoms. The van der Waals surface area contributed by atoms with E-state index in [1.165, 1.54) is 22.0 Å². The summed E-state index contributed by atoms with van der Waals surface area (Å²) >= 11 is 0. The molecule has 2 aliphatic heterocycles. The summed E-state index contributed by atoms with van der Waals surface area (Å²) in [6.07, 6.45) is 4.67. The van der Waals surface area contributed by atoms with E-state index in [0.29, 0.717) is 23.6 Å². The number of aryl methyl sites for hydroxylation is 2. The summed E-state index contributed by atoms with van der Waals surface area (Å²) in [6, 6.07) is 1.33. The topological polar surface area (TPSA) is 95.6 Å². The van der Waals surface area contributed by atoms with Crippen molar-refractivity contribution in [3.8, 4) is 5.82 Å². The van der Waals surface area contributed by atoms with E-state index < -0.39 is 23.5 Å². The van der Waals surface area contributed by atoms with E-state index in [1.807, 2.05) is 0 Å². The predicted octanol–water partition coefficient (Wildman–Crippen LogP) is 2.77. The van der Waals surface area contributed by atoms with Crippen LogP contribution in [0.5, 0.6) is 0 Å². The zero-order valence-corrected chi connectivity index (χ0v) is 19.1. The number of pyridine rings is 2. The smallest absolute Gasteiger partial charge is 0.341 e. The molecule has 2 aliphatic rings. The molecule has 3 aromatic rings. The summed E-state index contributed by atoms with van der Waals surface area (Å²) in [5, 5.41) is 9.63. The van der Waals surface area contributed by atoms with Crippen molar-refractivity contribution in [2.45, 2.75) is 26.3 Å². The van der Waals surface area contributed by atoms with Crippen molar-refractivity contribution in [3.63, 3.8) is 0 Å². The Morgan fingerprint density at radius 3 is 2.40 bits per heavy atom. The average molecular weight is 485 g/mol. The summed E-state index contributed by atoms with van der Waals surface area (Å²) in [5.41, 5.74) is 0.554. The van der Waals surface area contributed by atoms with Crippen LogP contribution in [-0.2, 0) is 0 Å². The van der Waals surface area contributed by atoms with Crippen molar-refractivity contribution in [1.82, 2.24) is 34.6 Å². The standard InChI is InChI=1S/C22H22F3N9O/c1-13-28-14(2)33(30-13)21-18(25)10-17(24)20(29-21)31-5-7-32(8-6-31)22(35)34-19(3-4-27-34)15-9-16(23)12-26-11-15/h4,9-12,19H,3,5-8H2,1-2H3. The fourth-order valence-corrected chi connectivity index (χ4v) is 4.28. The van der Waals surface area contributed by atoms with Crippen LogP contribution in [0.4, 0.5) is 23.8 Å². The fourth-order valence-electron chi connectivity index (χ4n) is 4.28. The summed E-state index contributed by atoms with van der Waals surface area (Å²) in [7, 11) is 0. The zero-order chi connectivity index (χ0) is 24.7. The zero-order valence-electron chi connectivity index (χ0n) is 19.1. The molecule has 1 atom stereocenters. The molecule has 1 unspecified atom stereocenters. The number of hydrogen-bond donors (Lipinski definition) is 0. The minimum atomic E-state index is -0.849. The van der Waals surface area contributed by atoms with Crippen molar-refractivity contribution >= 4 is 18.1 Å². The first-order valence-electron chi connectivity index (χ1n) is 11.0. The highest BCUT2D eigenvalue weighted by Crippen LogP contribution is 2.30.